The van der Waals surface area contributed by atoms with Gasteiger partial charge in [-0.1, -0.05) is 43.9 Å². The lowest BCUT2D eigenvalue weighted by Crippen LogP contribution is -2.56. The first-order valence-electron chi connectivity index (χ1n) is 11.4. The van der Waals surface area contributed by atoms with Gasteiger partial charge in [0.2, 0.25) is 17.7 Å². The number of rotatable bonds is 6. The first-order chi connectivity index (χ1) is 14.5. The van der Waals surface area contributed by atoms with Crippen molar-refractivity contribution in [3.05, 3.63) is 24.8 Å². The number of amides is 3. The Bertz CT molecular complexity index is 783. The number of fused-ring (bicyclic) bond motifs is 1. The van der Waals surface area contributed by atoms with Crippen LogP contribution < -0.4 is 10.6 Å². The van der Waals surface area contributed by atoms with Crippen LogP contribution in [0.3, 0.4) is 0 Å². The molecular weight excluding hydrogens is 382 g/mol. The van der Waals surface area contributed by atoms with Gasteiger partial charge in [-0.25, -0.2) is 0 Å². The number of nitrogens with one attached hydrogen (secondary N) is 2. The summed E-state index contributed by atoms with van der Waals surface area (Å²) in [7, 11) is 0. The molecule has 3 heterocycles. The van der Waals surface area contributed by atoms with Crippen LogP contribution in [0.5, 0.6) is 0 Å². The Labute approximate surface area is 177 Å². The molecule has 2 saturated carbocycles. The minimum Gasteiger partial charge on any atom is -0.359 e. The summed E-state index contributed by atoms with van der Waals surface area (Å²) in [4.78, 5) is 41.6. The maximum atomic E-state index is 13.5. The van der Waals surface area contributed by atoms with Gasteiger partial charge >= 0.3 is 0 Å². The number of carbonyl (C=O) groups excluding carboxylic acids is 3. The third-order valence-corrected chi connectivity index (χ3v) is 7.65. The summed E-state index contributed by atoms with van der Waals surface area (Å²) in [6, 6.07) is -0.435. The topological polar surface area (TPSA) is 87.7 Å². The molecule has 3 aliphatic heterocycles. The largest absolute Gasteiger partial charge is 0.359 e. The first kappa shape index (κ1) is 19.8. The number of hydrogen-bond acceptors (Lipinski definition) is 4. The van der Waals surface area contributed by atoms with E-state index in [2.05, 4.69) is 17.2 Å². The summed E-state index contributed by atoms with van der Waals surface area (Å²) in [5, 5.41) is 6.28. The van der Waals surface area contributed by atoms with Gasteiger partial charge in [-0.2, -0.15) is 0 Å². The van der Waals surface area contributed by atoms with Crippen LogP contribution in [0.2, 0.25) is 0 Å². The molecule has 2 bridgehead atoms. The molecular formula is C23H31N3O4. The van der Waals surface area contributed by atoms with Crippen molar-refractivity contribution in [2.75, 3.05) is 6.54 Å². The van der Waals surface area contributed by atoms with E-state index in [-0.39, 0.29) is 36.3 Å². The maximum absolute atomic E-state index is 13.5. The average Bonchev–Trinajstić information content (AvgIpc) is 3.51. The Morgan fingerprint density at radius 3 is 2.30 bits per heavy atom. The molecule has 7 heteroatoms. The highest BCUT2D eigenvalue weighted by Crippen LogP contribution is 2.55. The summed E-state index contributed by atoms with van der Waals surface area (Å²) in [6.07, 6.45) is 13.3. The summed E-state index contributed by atoms with van der Waals surface area (Å²) in [5.41, 5.74) is -1.06. The zero-order chi connectivity index (χ0) is 20.9. The van der Waals surface area contributed by atoms with Crippen LogP contribution in [0.25, 0.3) is 0 Å². The van der Waals surface area contributed by atoms with Gasteiger partial charge in [0.25, 0.3) is 0 Å². The number of hydrogen-bond donors (Lipinski definition) is 2. The summed E-state index contributed by atoms with van der Waals surface area (Å²) >= 11 is 0. The van der Waals surface area contributed by atoms with Crippen molar-refractivity contribution in [2.24, 2.45) is 11.8 Å². The molecule has 5 rings (SSSR count). The molecule has 2 N–H and O–H groups in total. The van der Waals surface area contributed by atoms with Crippen LogP contribution in [-0.2, 0) is 19.1 Å². The molecule has 0 unspecified atom stereocenters. The van der Waals surface area contributed by atoms with Crippen molar-refractivity contribution in [3.8, 4) is 0 Å². The van der Waals surface area contributed by atoms with Crippen LogP contribution in [0.1, 0.15) is 51.4 Å². The SMILES string of the molecule is C=CCN1C(=O)[C@H]2[C@@H](C(=O)NC3CCCC3)[C@H]3C=C[C@@]2(O3)[C@H]1C(=O)NC1CCCC1. The highest BCUT2D eigenvalue weighted by molar-refractivity contribution is 6.00. The lowest BCUT2D eigenvalue weighted by molar-refractivity contribution is -0.141. The first-order valence-corrected chi connectivity index (χ1v) is 11.4. The van der Waals surface area contributed by atoms with E-state index < -0.39 is 29.6 Å². The van der Waals surface area contributed by atoms with Crippen molar-refractivity contribution in [3.63, 3.8) is 0 Å². The van der Waals surface area contributed by atoms with Crippen LogP contribution in [0.4, 0.5) is 0 Å². The normalized spacial score (nSPS) is 37.7. The standard InChI is InChI=1S/C23H31N3O4/c1-2-13-26-19(21(28)25-15-9-5-6-10-15)23-12-11-16(30-23)17(18(23)22(26)29)20(27)24-14-7-3-4-8-14/h2,11-12,14-19H,1,3-10,13H2,(H,24,27)(H,25,28)/t16-,17+,18-,19-,23+/m1/s1. The molecule has 30 heavy (non-hydrogen) atoms. The minimum absolute atomic E-state index is 0.119. The Morgan fingerprint density at radius 1 is 1.10 bits per heavy atom. The Balaban J connectivity index is 1.42. The number of carbonyl (C=O) groups is 3. The van der Waals surface area contributed by atoms with Crippen molar-refractivity contribution >= 4 is 17.7 Å². The van der Waals surface area contributed by atoms with Crippen LogP contribution in [0, 0.1) is 11.8 Å². The summed E-state index contributed by atoms with van der Waals surface area (Å²) < 4.78 is 6.30. The van der Waals surface area contributed by atoms with E-state index in [0.29, 0.717) is 0 Å². The summed E-state index contributed by atoms with van der Waals surface area (Å²) in [5.74, 6) is -1.72. The summed E-state index contributed by atoms with van der Waals surface area (Å²) in [6.45, 7) is 4.03. The Morgan fingerprint density at radius 2 is 1.70 bits per heavy atom. The van der Waals surface area contributed by atoms with E-state index in [0.717, 1.165) is 51.4 Å². The van der Waals surface area contributed by atoms with E-state index in [4.69, 9.17) is 4.74 Å². The van der Waals surface area contributed by atoms with Crippen molar-refractivity contribution in [1.82, 2.24) is 15.5 Å². The second-order valence-electron chi connectivity index (χ2n) is 9.46. The smallest absolute Gasteiger partial charge is 0.246 e. The lowest BCUT2D eigenvalue weighted by Gasteiger charge is -2.32. The minimum atomic E-state index is -1.06. The van der Waals surface area contributed by atoms with E-state index >= 15 is 0 Å². The molecule has 2 aliphatic carbocycles. The molecule has 5 aliphatic rings. The van der Waals surface area contributed by atoms with E-state index in [1.807, 2.05) is 12.2 Å². The van der Waals surface area contributed by atoms with E-state index in [1.165, 1.54) is 0 Å². The zero-order valence-corrected chi connectivity index (χ0v) is 17.3. The molecule has 3 amide bonds. The maximum Gasteiger partial charge on any atom is 0.246 e. The van der Waals surface area contributed by atoms with Gasteiger partial charge in [0.05, 0.1) is 17.9 Å². The fraction of sp³-hybridized carbons (Fsp3) is 0.696. The van der Waals surface area contributed by atoms with E-state index in [9.17, 15) is 14.4 Å². The molecule has 4 fully saturated rings. The van der Waals surface area contributed by atoms with Crippen LogP contribution in [-0.4, -0.2) is 59.0 Å². The van der Waals surface area contributed by atoms with Gasteiger partial charge in [0.1, 0.15) is 11.6 Å². The molecule has 2 saturated heterocycles. The predicted molar refractivity (Wildman–Crippen MR) is 110 cm³/mol. The second kappa shape index (κ2) is 7.52. The van der Waals surface area contributed by atoms with Crippen molar-refractivity contribution in [1.29, 1.82) is 0 Å². The monoisotopic (exact) mass is 413 g/mol. The number of likely N-dealkylation sites (tertiary alicyclic amines) is 1. The van der Waals surface area contributed by atoms with Gasteiger partial charge in [-0.3, -0.25) is 14.4 Å². The van der Waals surface area contributed by atoms with Gasteiger partial charge in [0, 0.05) is 18.6 Å². The zero-order valence-electron chi connectivity index (χ0n) is 17.3. The average molecular weight is 414 g/mol. The highest BCUT2D eigenvalue weighted by Gasteiger charge is 2.72. The van der Waals surface area contributed by atoms with Crippen LogP contribution in [0.15, 0.2) is 24.8 Å². The highest BCUT2D eigenvalue weighted by atomic mass is 16.5. The van der Waals surface area contributed by atoms with Gasteiger partial charge in [-0.05, 0) is 25.7 Å². The molecule has 5 atom stereocenters. The number of nitrogens with zero attached hydrogens (tertiary/aromatic N) is 1. The van der Waals surface area contributed by atoms with Gasteiger partial charge in [0.15, 0.2) is 0 Å². The van der Waals surface area contributed by atoms with Crippen LogP contribution >= 0.6 is 0 Å². The van der Waals surface area contributed by atoms with Gasteiger partial charge < -0.3 is 20.3 Å². The molecule has 1 spiro atoms. The predicted octanol–water partition coefficient (Wildman–Crippen LogP) is 1.44. The van der Waals surface area contributed by atoms with Crippen molar-refractivity contribution < 1.29 is 19.1 Å². The lowest BCUT2D eigenvalue weighted by atomic mass is 9.74. The Kier molecular flexibility index (Phi) is 4.96. The second-order valence-corrected chi connectivity index (χ2v) is 9.46. The van der Waals surface area contributed by atoms with Gasteiger partial charge in [-0.15, -0.1) is 6.58 Å². The van der Waals surface area contributed by atoms with Crippen molar-refractivity contribution in [2.45, 2.75) is 81.2 Å². The fourth-order valence-electron chi connectivity index (χ4n) is 6.32. The number of ether oxygens (including phenoxy) is 1. The molecule has 0 radical (unpaired) electrons. The molecule has 7 nitrogen and oxygen atoms in total. The fourth-order valence-corrected chi connectivity index (χ4v) is 6.32. The molecule has 0 aromatic heterocycles. The van der Waals surface area contributed by atoms with E-state index in [1.54, 1.807) is 11.0 Å². The molecule has 0 aromatic rings. The molecule has 162 valence electrons. The quantitative estimate of drug-likeness (QED) is 0.645. The third kappa shape index (κ3) is 2.93. The molecule has 0 aromatic carbocycles. The Hall–Kier alpha value is -2.15. The third-order valence-electron chi connectivity index (χ3n) is 7.65.